The molecule has 0 bridgehead atoms. The predicted octanol–water partition coefficient (Wildman–Crippen LogP) is 3.23. The Hall–Kier alpha value is -0.240. The summed E-state index contributed by atoms with van der Waals surface area (Å²) in [6.07, 6.45) is 10.4. The molecule has 2 atom stereocenters. The molecule has 2 unspecified atom stereocenters. The fourth-order valence-corrected chi connectivity index (χ4v) is 3.26. The van der Waals surface area contributed by atoms with E-state index < -0.39 is 0 Å². The van der Waals surface area contributed by atoms with Crippen LogP contribution >= 0.6 is 11.6 Å². The molecule has 0 saturated heterocycles. The van der Waals surface area contributed by atoms with E-state index in [1.165, 1.54) is 32.1 Å². The lowest BCUT2D eigenvalue weighted by molar-refractivity contribution is -0.125. The fraction of sp³-hybridized carbons (Fsp3) is 0.923. The first kappa shape index (κ1) is 12.2. The normalized spacial score (nSPS) is 32.3. The van der Waals surface area contributed by atoms with Gasteiger partial charge in [-0.3, -0.25) is 4.79 Å². The summed E-state index contributed by atoms with van der Waals surface area (Å²) in [7, 11) is 0. The van der Waals surface area contributed by atoms with Crippen molar-refractivity contribution in [1.29, 1.82) is 0 Å². The first-order valence-electron chi connectivity index (χ1n) is 6.72. The van der Waals surface area contributed by atoms with Gasteiger partial charge in [0.05, 0.1) is 5.38 Å². The second kappa shape index (κ2) is 5.90. The summed E-state index contributed by atoms with van der Waals surface area (Å²) >= 11 is 6.32. The average Bonchev–Trinajstić information content (AvgIpc) is 2.73. The van der Waals surface area contributed by atoms with E-state index in [0.717, 1.165) is 25.7 Å². The van der Waals surface area contributed by atoms with Crippen LogP contribution in [0.3, 0.4) is 0 Å². The minimum Gasteiger partial charge on any atom is -0.352 e. The number of alkyl halides is 1. The van der Waals surface area contributed by atoms with E-state index in [2.05, 4.69) is 5.32 Å². The number of nitrogens with one attached hydrogen (secondary N) is 1. The van der Waals surface area contributed by atoms with Crippen molar-refractivity contribution in [2.75, 3.05) is 0 Å². The number of carbonyl (C=O) groups excluding carboxylic acids is 1. The molecular weight excluding hydrogens is 222 g/mol. The van der Waals surface area contributed by atoms with E-state index in [1.54, 1.807) is 0 Å². The van der Waals surface area contributed by atoms with Gasteiger partial charge in [0, 0.05) is 12.0 Å². The van der Waals surface area contributed by atoms with Gasteiger partial charge in [0.15, 0.2) is 0 Å². The monoisotopic (exact) mass is 243 g/mol. The third kappa shape index (κ3) is 3.13. The predicted molar refractivity (Wildman–Crippen MR) is 66.6 cm³/mol. The van der Waals surface area contributed by atoms with Crippen LogP contribution in [0.25, 0.3) is 0 Å². The molecule has 2 aliphatic rings. The van der Waals surface area contributed by atoms with E-state index in [-0.39, 0.29) is 23.2 Å². The van der Waals surface area contributed by atoms with Gasteiger partial charge in [-0.15, -0.1) is 11.6 Å². The first-order valence-corrected chi connectivity index (χ1v) is 7.15. The molecule has 0 aliphatic heterocycles. The highest BCUT2D eigenvalue weighted by Gasteiger charge is 2.28. The topological polar surface area (TPSA) is 29.1 Å². The Labute approximate surface area is 103 Å². The molecule has 0 aromatic rings. The summed E-state index contributed by atoms with van der Waals surface area (Å²) in [6.45, 7) is 0. The number of rotatable bonds is 2. The quantitative estimate of drug-likeness (QED) is 0.586. The van der Waals surface area contributed by atoms with Crippen LogP contribution in [0.15, 0.2) is 0 Å². The molecule has 2 rings (SSSR count). The number of amides is 1. The third-order valence-corrected chi connectivity index (χ3v) is 4.51. The molecule has 1 amide bonds. The second-order valence-corrected chi connectivity index (χ2v) is 5.81. The van der Waals surface area contributed by atoms with Crippen LogP contribution in [0.2, 0.25) is 0 Å². The molecule has 16 heavy (non-hydrogen) atoms. The van der Waals surface area contributed by atoms with Crippen molar-refractivity contribution in [2.45, 2.75) is 69.2 Å². The molecule has 0 radical (unpaired) electrons. The standard InChI is InChI=1S/C13H22ClNO/c14-11-8-2-1-3-9-12(11)15-13(16)10-6-4-5-7-10/h10-12H,1-9H2,(H,15,16). The van der Waals surface area contributed by atoms with Gasteiger partial charge < -0.3 is 5.32 Å². The average molecular weight is 244 g/mol. The van der Waals surface area contributed by atoms with Crippen LogP contribution in [0.5, 0.6) is 0 Å². The lowest BCUT2D eigenvalue weighted by Crippen LogP contribution is -2.42. The van der Waals surface area contributed by atoms with Crippen LogP contribution in [0, 0.1) is 5.92 Å². The highest BCUT2D eigenvalue weighted by atomic mass is 35.5. The maximum Gasteiger partial charge on any atom is 0.223 e. The van der Waals surface area contributed by atoms with E-state index in [4.69, 9.17) is 11.6 Å². The molecular formula is C13H22ClNO. The smallest absolute Gasteiger partial charge is 0.223 e. The van der Waals surface area contributed by atoms with Crippen molar-refractivity contribution in [2.24, 2.45) is 5.92 Å². The minimum atomic E-state index is 0.146. The van der Waals surface area contributed by atoms with E-state index in [9.17, 15) is 4.79 Å². The molecule has 2 nitrogen and oxygen atoms in total. The van der Waals surface area contributed by atoms with Crippen LogP contribution in [-0.2, 0) is 4.79 Å². The van der Waals surface area contributed by atoms with Gasteiger partial charge in [0.2, 0.25) is 5.91 Å². The summed E-state index contributed by atoms with van der Waals surface area (Å²) in [5, 5.41) is 3.33. The second-order valence-electron chi connectivity index (χ2n) is 5.25. The lowest BCUT2D eigenvalue weighted by Gasteiger charge is -2.23. The highest BCUT2D eigenvalue weighted by molar-refractivity contribution is 6.21. The lowest BCUT2D eigenvalue weighted by atomic mass is 10.0. The maximum atomic E-state index is 12.0. The van der Waals surface area contributed by atoms with Gasteiger partial charge in [0.25, 0.3) is 0 Å². The Bertz CT molecular complexity index is 238. The number of hydrogen-bond donors (Lipinski definition) is 1. The summed E-state index contributed by atoms with van der Waals surface area (Å²) < 4.78 is 0. The Morgan fingerprint density at radius 2 is 1.56 bits per heavy atom. The van der Waals surface area contributed by atoms with Crippen LogP contribution in [0.1, 0.15) is 57.8 Å². The Balaban J connectivity index is 1.84. The number of hydrogen-bond acceptors (Lipinski definition) is 1. The molecule has 0 aromatic carbocycles. The van der Waals surface area contributed by atoms with Crippen LogP contribution in [-0.4, -0.2) is 17.3 Å². The highest BCUT2D eigenvalue weighted by Crippen LogP contribution is 2.27. The van der Waals surface area contributed by atoms with E-state index in [0.29, 0.717) is 0 Å². The molecule has 0 aromatic heterocycles. The molecule has 3 heteroatoms. The van der Waals surface area contributed by atoms with Gasteiger partial charge in [-0.1, -0.05) is 32.1 Å². The third-order valence-electron chi connectivity index (χ3n) is 3.99. The molecule has 0 spiro atoms. The summed E-state index contributed by atoms with van der Waals surface area (Å²) in [4.78, 5) is 12.0. The van der Waals surface area contributed by atoms with Crippen LogP contribution in [0.4, 0.5) is 0 Å². The van der Waals surface area contributed by atoms with Gasteiger partial charge >= 0.3 is 0 Å². The largest absolute Gasteiger partial charge is 0.352 e. The zero-order valence-corrected chi connectivity index (χ0v) is 10.6. The SMILES string of the molecule is O=C(NC1CCCCCC1Cl)C1CCCC1. The zero-order chi connectivity index (χ0) is 11.4. The minimum absolute atomic E-state index is 0.146. The van der Waals surface area contributed by atoms with Crippen molar-refractivity contribution in [3.8, 4) is 0 Å². The Kier molecular flexibility index (Phi) is 4.51. The van der Waals surface area contributed by atoms with Gasteiger partial charge in [-0.25, -0.2) is 0 Å². The molecule has 2 fully saturated rings. The summed E-state index contributed by atoms with van der Waals surface area (Å²) in [5.41, 5.74) is 0. The fourth-order valence-electron chi connectivity index (χ4n) is 2.91. The molecule has 92 valence electrons. The van der Waals surface area contributed by atoms with E-state index >= 15 is 0 Å². The van der Waals surface area contributed by atoms with E-state index in [1.807, 2.05) is 0 Å². The first-order chi connectivity index (χ1) is 7.77. The molecule has 2 saturated carbocycles. The van der Waals surface area contributed by atoms with Crippen molar-refractivity contribution < 1.29 is 4.79 Å². The number of carbonyl (C=O) groups is 1. The van der Waals surface area contributed by atoms with Gasteiger partial charge in [-0.05, 0) is 25.7 Å². The van der Waals surface area contributed by atoms with Crippen molar-refractivity contribution in [3.63, 3.8) is 0 Å². The molecule has 0 heterocycles. The summed E-state index contributed by atoms with van der Waals surface area (Å²) in [5.74, 6) is 0.530. The van der Waals surface area contributed by atoms with Gasteiger partial charge in [0.1, 0.15) is 0 Å². The van der Waals surface area contributed by atoms with Crippen molar-refractivity contribution >= 4 is 17.5 Å². The summed E-state index contributed by atoms with van der Waals surface area (Å²) in [6, 6.07) is 0.220. The number of halogens is 1. The van der Waals surface area contributed by atoms with Gasteiger partial charge in [-0.2, -0.15) is 0 Å². The Morgan fingerprint density at radius 1 is 0.938 bits per heavy atom. The molecule has 1 N–H and O–H groups in total. The zero-order valence-electron chi connectivity index (χ0n) is 9.88. The van der Waals surface area contributed by atoms with Crippen molar-refractivity contribution in [3.05, 3.63) is 0 Å². The Morgan fingerprint density at radius 3 is 2.31 bits per heavy atom. The maximum absolute atomic E-state index is 12.0. The molecule has 2 aliphatic carbocycles. The van der Waals surface area contributed by atoms with Crippen molar-refractivity contribution in [1.82, 2.24) is 5.32 Å². The van der Waals surface area contributed by atoms with Crippen LogP contribution < -0.4 is 5.32 Å².